The molecule has 120 valence electrons. The van der Waals surface area contributed by atoms with Gasteiger partial charge >= 0.3 is 0 Å². The normalized spacial score (nSPS) is 15.9. The maximum Gasteiger partial charge on any atom is 0.244 e. The van der Waals surface area contributed by atoms with Gasteiger partial charge in [-0.25, -0.2) is 0 Å². The van der Waals surface area contributed by atoms with Crippen molar-refractivity contribution in [2.75, 3.05) is 43.1 Å². The second-order valence-electron chi connectivity index (χ2n) is 5.24. The number of benzene rings is 1. The zero-order valence-corrected chi connectivity index (χ0v) is 12.7. The van der Waals surface area contributed by atoms with Gasteiger partial charge in [0.05, 0.1) is 30.9 Å². The Morgan fingerprint density at radius 3 is 2.74 bits per heavy atom. The Kier molecular flexibility index (Phi) is 4.71. The van der Waals surface area contributed by atoms with Crippen LogP contribution in [0.5, 0.6) is 0 Å². The van der Waals surface area contributed by atoms with Crippen LogP contribution in [0.3, 0.4) is 0 Å². The molecule has 4 N–H and O–H groups in total. The highest BCUT2D eigenvalue weighted by atomic mass is 16.5. The second-order valence-corrected chi connectivity index (χ2v) is 5.24. The lowest BCUT2D eigenvalue weighted by Crippen LogP contribution is -2.37. The Bertz CT molecular complexity index is 670. The van der Waals surface area contributed by atoms with Gasteiger partial charge in [0.25, 0.3) is 0 Å². The van der Waals surface area contributed by atoms with Crippen LogP contribution < -0.4 is 16.0 Å². The van der Waals surface area contributed by atoms with Gasteiger partial charge in [-0.2, -0.15) is 10.2 Å². The number of anilines is 2. The van der Waals surface area contributed by atoms with Crippen molar-refractivity contribution in [3.63, 3.8) is 0 Å². The van der Waals surface area contributed by atoms with E-state index >= 15 is 0 Å². The van der Waals surface area contributed by atoms with Crippen LogP contribution in [0.25, 0.3) is 0 Å². The van der Waals surface area contributed by atoms with E-state index in [0.717, 1.165) is 18.8 Å². The molecule has 0 radical (unpaired) electrons. The summed E-state index contributed by atoms with van der Waals surface area (Å²) in [6.45, 7) is 3.32. The molecular weight excluding hydrogens is 294 g/mol. The number of aromatic amines is 1. The minimum atomic E-state index is -0.176. The molecule has 8 heteroatoms. The van der Waals surface area contributed by atoms with Gasteiger partial charge in [0.1, 0.15) is 5.82 Å². The number of nitrogens with one attached hydrogen (secondary N) is 2. The fourth-order valence-electron chi connectivity index (χ4n) is 2.41. The second kappa shape index (κ2) is 7.09. The van der Waals surface area contributed by atoms with E-state index in [2.05, 4.69) is 31.5 Å². The largest absolute Gasteiger partial charge is 0.378 e. The number of nitrogens with two attached hydrogens (primary N) is 1. The topological polar surface area (TPSA) is 116 Å². The quantitative estimate of drug-likeness (QED) is 0.741. The van der Waals surface area contributed by atoms with E-state index < -0.39 is 0 Å². The van der Waals surface area contributed by atoms with Crippen molar-refractivity contribution in [1.82, 2.24) is 15.2 Å². The third kappa shape index (κ3) is 3.59. The summed E-state index contributed by atoms with van der Waals surface area (Å²) in [5, 5.41) is 19.4. The molecule has 23 heavy (non-hydrogen) atoms. The van der Waals surface area contributed by atoms with E-state index in [1.165, 1.54) is 0 Å². The Labute approximate surface area is 134 Å². The Morgan fingerprint density at radius 2 is 2.09 bits per heavy atom. The molecular formula is C15H19N7O. The van der Waals surface area contributed by atoms with Crippen molar-refractivity contribution in [2.45, 2.75) is 6.04 Å². The molecule has 0 amide bonds. The third-order valence-electron chi connectivity index (χ3n) is 3.71. The standard InChI is InChI=1S/C15H19N7O/c16-9-11-1-3-12(4-2-11)18-13(10-17)14-19-15(21-20-14)22-5-7-23-8-6-22/h1-4,13,18H,5-8,10,17H2,(H,19,20,21). The number of aromatic nitrogens is 3. The number of hydrogen-bond donors (Lipinski definition) is 3. The number of nitriles is 1. The maximum absolute atomic E-state index is 8.83. The average Bonchev–Trinajstić information content (AvgIpc) is 3.11. The lowest BCUT2D eigenvalue weighted by Gasteiger charge is -2.25. The van der Waals surface area contributed by atoms with E-state index in [-0.39, 0.29) is 6.04 Å². The molecule has 0 bridgehead atoms. The first-order valence-corrected chi connectivity index (χ1v) is 7.52. The molecule has 1 atom stereocenters. The van der Waals surface area contributed by atoms with Crippen LogP contribution in [-0.4, -0.2) is 48.0 Å². The summed E-state index contributed by atoms with van der Waals surface area (Å²) in [6, 6.07) is 9.13. The highest BCUT2D eigenvalue weighted by molar-refractivity contribution is 5.48. The highest BCUT2D eigenvalue weighted by Crippen LogP contribution is 2.19. The highest BCUT2D eigenvalue weighted by Gasteiger charge is 2.19. The predicted molar refractivity (Wildman–Crippen MR) is 86.0 cm³/mol. The fourth-order valence-corrected chi connectivity index (χ4v) is 2.41. The van der Waals surface area contributed by atoms with E-state index in [0.29, 0.717) is 37.1 Å². The zero-order valence-electron chi connectivity index (χ0n) is 12.7. The van der Waals surface area contributed by atoms with E-state index in [1.54, 1.807) is 12.1 Å². The molecule has 0 aliphatic carbocycles. The maximum atomic E-state index is 8.83. The molecule has 1 unspecified atom stereocenters. The van der Waals surface area contributed by atoms with Gasteiger partial charge in [0.2, 0.25) is 5.95 Å². The van der Waals surface area contributed by atoms with Crippen LogP contribution in [0.1, 0.15) is 17.4 Å². The van der Waals surface area contributed by atoms with Crippen LogP contribution in [0.15, 0.2) is 24.3 Å². The van der Waals surface area contributed by atoms with Crippen LogP contribution >= 0.6 is 0 Å². The summed E-state index contributed by atoms with van der Waals surface area (Å²) < 4.78 is 5.33. The molecule has 1 aromatic carbocycles. The van der Waals surface area contributed by atoms with Crippen molar-refractivity contribution >= 4 is 11.6 Å². The van der Waals surface area contributed by atoms with E-state index in [4.69, 9.17) is 15.7 Å². The molecule has 2 heterocycles. The van der Waals surface area contributed by atoms with Crippen LogP contribution in [0.4, 0.5) is 11.6 Å². The Balaban J connectivity index is 1.70. The van der Waals surface area contributed by atoms with E-state index in [1.807, 2.05) is 12.1 Å². The number of ether oxygens (including phenoxy) is 1. The smallest absolute Gasteiger partial charge is 0.244 e. The van der Waals surface area contributed by atoms with Gasteiger partial charge < -0.3 is 20.7 Å². The van der Waals surface area contributed by atoms with Crippen molar-refractivity contribution in [1.29, 1.82) is 5.26 Å². The molecule has 8 nitrogen and oxygen atoms in total. The SMILES string of the molecule is N#Cc1ccc(NC(CN)c2nc(N3CCOCC3)n[nH]2)cc1. The summed E-state index contributed by atoms with van der Waals surface area (Å²) in [4.78, 5) is 6.63. The summed E-state index contributed by atoms with van der Waals surface area (Å²) >= 11 is 0. The summed E-state index contributed by atoms with van der Waals surface area (Å²) in [5.41, 5.74) is 7.36. The molecule has 0 spiro atoms. The summed E-state index contributed by atoms with van der Waals surface area (Å²) in [5.74, 6) is 1.36. The molecule has 3 rings (SSSR count). The lowest BCUT2D eigenvalue weighted by molar-refractivity contribution is 0.122. The molecule has 2 aromatic rings. The Hall–Kier alpha value is -2.63. The van der Waals surface area contributed by atoms with Gasteiger partial charge in [0, 0.05) is 25.3 Å². The monoisotopic (exact) mass is 313 g/mol. The van der Waals surface area contributed by atoms with Crippen LogP contribution in [0, 0.1) is 11.3 Å². The minimum absolute atomic E-state index is 0.176. The van der Waals surface area contributed by atoms with Crippen molar-refractivity contribution in [3.8, 4) is 6.07 Å². The average molecular weight is 313 g/mol. The number of hydrogen-bond acceptors (Lipinski definition) is 7. The van der Waals surface area contributed by atoms with E-state index in [9.17, 15) is 0 Å². The molecule has 1 aromatic heterocycles. The summed E-state index contributed by atoms with van der Waals surface area (Å²) in [7, 11) is 0. The molecule has 1 fully saturated rings. The summed E-state index contributed by atoms with van der Waals surface area (Å²) in [6.07, 6.45) is 0. The fraction of sp³-hybridized carbons (Fsp3) is 0.400. The number of rotatable bonds is 5. The van der Waals surface area contributed by atoms with Gasteiger partial charge in [-0.3, -0.25) is 5.10 Å². The number of nitrogens with zero attached hydrogens (tertiary/aromatic N) is 4. The Morgan fingerprint density at radius 1 is 1.35 bits per heavy atom. The van der Waals surface area contributed by atoms with Crippen molar-refractivity contribution in [2.24, 2.45) is 5.73 Å². The molecule has 1 aliphatic heterocycles. The molecule has 0 saturated carbocycles. The minimum Gasteiger partial charge on any atom is -0.378 e. The first-order valence-electron chi connectivity index (χ1n) is 7.52. The molecule has 1 aliphatic rings. The molecule has 1 saturated heterocycles. The van der Waals surface area contributed by atoms with Crippen molar-refractivity contribution in [3.05, 3.63) is 35.7 Å². The van der Waals surface area contributed by atoms with Crippen LogP contribution in [-0.2, 0) is 4.74 Å². The first kappa shape index (κ1) is 15.3. The third-order valence-corrected chi connectivity index (χ3v) is 3.71. The van der Waals surface area contributed by atoms with Crippen molar-refractivity contribution < 1.29 is 4.74 Å². The number of morpholine rings is 1. The first-order chi connectivity index (χ1) is 11.3. The van der Waals surface area contributed by atoms with Gasteiger partial charge in [-0.05, 0) is 24.3 Å². The number of H-pyrrole nitrogens is 1. The van der Waals surface area contributed by atoms with Gasteiger partial charge in [0.15, 0.2) is 0 Å². The van der Waals surface area contributed by atoms with Crippen LogP contribution in [0.2, 0.25) is 0 Å². The van der Waals surface area contributed by atoms with Gasteiger partial charge in [-0.1, -0.05) is 0 Å². The zero-order chi connectivity index (χ0) is 16.1. The van der Waals surface area contributed by atoms with Gasteiger partial charge in [-0.15, -0.1) is 5.10 Å². The lowest BCUT2D eigenvalue weighted by atomic mass is 10.2. The predicted octanol–water partition coefficient (Wildman–Crippen LogP) is 0.625.